The number of hydrogen-bond acceptors (Lipinski definition) is 4. The van der Waals surface area contributed by atoms with Crippen LogP contribution in [-0.4, -0.2) is 28.7 Å². The van der Waals surface area contributed by atoms with Crippen LogP contribution in [0.4, 0.5) is 0 Å². The van der Waals surface area contributed by atoms with Gasteiger partial charge in [-0.1, -0.05) is 24.3 Å². The second kappa shape index (κ2) is 5.54. The maximum atomic E-state index is 13.1. The van der Waals surface area contributed by atoms with Crippen LogP contribution < -0.4 is 4.74 Å². The van der Waals surface area contributed by atoms with E-state index in [4.69, 9.17) is 4.74 Å². The fourth-order valence-corrected chi connectivity index (χ4v) is 5.48. The van der Waals surface area contributed by atoms with E-state index in [1.54, 1.807) is 13.0 Å². The lowest BCUT2D eigenvalue weighted by molar-refractivity contribution is -0.152. The molecule has 1 aromatic carbocycles. The molecular formula is C22H23NO4. The first kappa shape index (κ1) is 16.7. The number of benzene rings is 1. The van der Waals surface area contributed by atoms with E-state index in [1.807, 2.05) is 26.0 Å². The van der Waals surface area contributed by atoms with E-state index in [-0.39, 0.29) is 35.5 Å². The summed E-state index contributed by atoms with van der Waals surface area (Å²) in [4.78, 5) is 40.1. The monoisotopic (exact) mass is 365 g/mol. The second-order valence-electron chi connectivity index (χ2n) is 8.57. The summed E-state index contributed by atoms with van der Waals surface area (Å²) in [5, 5.41) is 0. The summed E-state index contributed by atoms with van der Waals surface area (Å²) in [6.07, 6.45) is 5.39. The summed E-state index contributed by atoms with van der Waals surface area (Å²) in [6.45, 7) is 5.38. The Morgan fingerprint density at radius 3 is 2.26 bits per heavy atom. The third kappa shape index (κ3) is 2.27. The van der Waals surface area contributed by atoms with Crippen LogP contribution in [0.2, 0.25) is 0 Å². The predicted octanol–water partition coefficient (Wildman–Crippen LogP) is 2.65. The minimum Gasteiger partial charge on any atom is -0.425 e. The Hall–Kier alpha value is -2.43. The van der Waals surface area contributed by atoms with Gasteiger partial charge in [-0.15, -0.1) is 0 Å². The smallest absolute Gasteiger partial charge is 0.334 e. The number of imide groups is 1. The van der Waals surface area contributed by atoms with E-state index in [0.29, 0.717) is 17.6 Å². The normalized spacial score (nSPS) is 36.5. The molecular weight excluding hydrogens is 342 g/mol. The maximum absolute atomic E-state index is 13.1. The fraction of sp³-hybridized carbons (Fsp3) is 0.500. The number of amides is 2. The highest BCUT2D eigenvalue weighted by atomic mass is 16.5. The van der Waals surface area contributed by atoms with Gasteiger partial charge in [-0.2, -0.15) is 0 Å². The molecule has 1 aliphatic heterocycles. The van der Waals surface area contributed by atoms with Crippen molar-refractivity contribution < 1.29 is 19.1 Å². The first-order valence-electron chi connectivity index (χ1n) is 9.72. The number of esters is 1. The molecule has 1 aromatic rings. The molecule has 0 spiro atoms. The van der Waals surface area contributed by atoms with Gasteiger partial charge in [0.05, 0.1) is 11.8 Å². The Labute approximate surface area is 158 Å². The summed E-state index contributed by atoms with van der Waals surface area (Å²) >= 11 is 0. The molecule has 5 heteroatoms. The van der Waals surface area contributed by atoms with Crippen molar-refractivity contribution in [2.75, 3.05) is 0 Å². The minimum absolute atomic E-state index is 0.161. The van der Waals surface area contributed by atoms with Crippen LogP contribution in [0.5, 0.6) is 5.75 Å². The lowest BCUT2D eigenvalue weighted by Gasteiger charge is -2.37. The number of carbonyl (C=O) groups excluding carboxylic acids is 3. The van der Waals surface area contributed by atoms with Gasteiger partial charge < -0.3 is 4.74 Å². The Morgan fingerprint density at radius 1 is 1.07 bits per heavy atom. The number of allylic oxidation sites excluding steroid dienone is 2. The van der Waals surface area contributed by atoms with Crippen LogP contribution in [0, 0.1) is 49.4 Å². The van der Waals surface area contributed by atoms with Crippen molar-refractivity contribution in [1.29, 1.82) is 0 Å². The van der Waals surface area contributed by atoms with Gasteiger partial charge >= 0.3 is 5.97 Å². The third-order valence-electron chi connectivity index (χ3n) is 6.98. The van der Waals surface area contributed by atoms with Crippen molar-refractivity contribution >= 4 is 17.8 Å². The molecule has 0 radical (unpaired) electrons. The molecule has 27 heavy (non-hydrogen) atoms. The highest BCUT2D eigenvalue weighted by molar-refractivity contribution is 6.08. The van der Waals surface area contributed by atoms with Crippen molar-refractivity contribution in [1.82, 2.24) is 4.90 Å². The SMILES string of the molecule is Cc1ccc(C)c(OC(=O)[C@@H](C)N2C(=O)[C@@H]3[C@H]4C=C[C@H]([C@H]5C[C@@H]45)[C@@H]3C2=O)c1. The zero-order valence-electron chi connectivity index (χ0n) is 15.7. The van der Waals surface area contributed by atoms with Crippen molar-refractivity contribution in [3.63, 3.8) is 0 Å². The minimum atomic E-state index is -0.911. The number of rotatable bonds is 3. The summed E-state index contributed by atoms with van der Waals surface area (Å²) in [7, 11) is 0. The molecule has 1 heterocycles. The van der Waals surface area contributed by atoms with Crippen molar-refractivity contribution in [2.45, 2.75) is 33.2 Å². The van der Waals surface area contributed by atoms with Gasteiger partial charge in [-0.05, 0) is 68.1 Å². The summed E-state index contributed by atoms with van der Waals surface area (Å²) < 4.78 is 5.55. The van der Waals surface area contributed by atoms with Crippen LogP contribution in [-0.2, 0) is 14.4 Å². The average molecular weight is 365 g/mol. The van der Waals surface area contributed by atoms with Crippen LogP contribution in [0.25, 0.3) is 0 Å². The predicted molar refractivity (Wildman–Crippen MR) is 97.6 cm³/mol. The first-order valence-corrected chi connectivity index (χ1v) is 9.72. The van der Waals surface area contributed by atoms with Crippen molar-refractivity contribution in [3.05, 3.63) is 41.5 Å². The lowest BCUT2D eigenvalue weighted by Crippen LogP contribution is -2.45. The van der Waals surface area contributed by atoms with Crippen LogP contribution in [0.3, 0.4) is 0 Å². The Morgan fingerprint density at radius 2 is 1.67 bits per heavy atom. The zero-order valence-corrected chi connectivity index (χ0v) is 15.7. The van der Waals surface area contributed by atoms with Gasteiger partial charge in [-0.3, -0.25) is 14.5 Å². The van der Waals surface area contributed by atoms with E-state index in [2.05, 4.69) is 12.2 Å². The Bertz CT molecular complexity index is 868. The molecule has 6 rings (SSSR count). The number of nitrogens with zero attached hydrogens (tertiary/aromatic N) is 1. The van der Waals surface area contributed by atoms with Crippen LogP contribution >= 0.6 is 0 Å². The molecule has 2 amide bonds. The molecule has 3 fully saturated rings. The van der Waals surface area contributed by atoms with E-state index in [1.165, 1.54) is 4.90 Å². The van der Waals surface area contributed by atoms with E-state index in [9.17, 15) is 14.4 Å². The lowest BCUT2D eigenvalue weighted by atomic mass is 9.63. The molecule has 0 N–H and O–H groups in total. The van der Waals surface area contributed by atoms with Gasteiger partial charge in [0, 0.05) is 0 Å². The van der Waals surface area contributed by atoms with Gasteiger partial charge in [-0.25, -0.2) is 4.79 Å². The number of hydrogen-bond donors (Lipinski definition) is 0. The largest absolute Gasteiger partial charge is 0.425 e. The molecule has 5 nitrogen and oxygen atoms in total. The molecule has 7 atom stereocenters. The van der Waals surface area contributed by atoms with Gasteiger partial charge in [0.25, 0.3) is 0 Å². The number of likely N-dealkylation sites (tertiary alicyclic amines) is 1. The van der Waals surface area contributed by atoms with E-state index in [0.717, 1.165) is 17.5 Å². The van der Waals surface area contributed by atoms with E-state index < -0.39 is 12.0 Å². The highest BCUT2D eigenvalue weighted by Gasteiger charge is 2.67. The standard InChI is InChI=1S/C22H23NO4/c1-10-4-5-11(2)17(8-10)27-22(26)12(3)23-20(24)18-13-6-7-14(16-9-15(13)16)19(18)21(23)25/h4-8,12-16,18-19H,9H2,1-3H3/t12-,13-,14+,15-,16+,18+,19-/m1/s1. The average Bonchev–Trinajstić information content (AvgIpc) is 3.42. The van der Waals surface area contributed by atoms with Crippen LogP contribution in [0.15, 0.2) is 30.4 Å². The second-order valence-corrected chi connectivity index (χ2v) is 8.57. The molecule has 5 aliphatic rings. The fourth-order valence-electron chi connectivity index (χ4n) is 5.48. The Kier molecular flexibility index (Phi) is 3.43. The third-order valence-corrected chi connectivity index (χ3v) is 6.98. The quantitative estimate of drug-likeness (QED) is 0.358. The highest BCUT2D eigenvalue weighted by Crippen LogP contribution is 2.65. The van der Waals surface area contributed by atoms with E-state index >= 15 is 0 Å². The van der Waals surface area contributed by atoms with Gasteiger partial charge in [0.2, 0.25) is 11.8 Å². The molecule has 0 aromatic heterocycles. The summed E-state index contributed by atoms with van der Waals surface area (Å²) in [5.74, 6) is 0.383. The van der Waals surface area contributed by atoms with Crippen molar-refractivity contribution in [3.8, 4) is 5.75 Å². The Balaban J connectivity index is 1.39. The summed E-state index contributed by atoms with van der Waals surface area (Å²) in [6, 6.07) is 4.72. The zero-order chi connectivity index (χ0) is 19.0. The molecule has 140 valence electrons. The van der Waals surface area contributed by atoms with Crippen molar-refractivity contribution in [2.24, 2.45) is 35.5 Å². The number of carbonyl (C=O) groups is 3. The first-order chi connectivity index (χ1) is 12.9. The maximum Gasteiger partial charge on any atom is 0.334 e. The molecule has 4 aliphatic carbocycles. The molecule has 0 unspecified atom stereocenters. The number of ether oxygens (including phenoxy) is 1. The molecule has 2 saturated carbocycles. The van der Waals surface area contributed by atoms with Crippen LogP contribution in [0.1, 0.15) is 24.5 Å². The topological polar surface area (TPSA) is 63.7 Å². The number of aryl methyl sites for hydroxylation is 2. The van der Waals surface area contributed by atoms with Gasteiger partial charge in [0.15, 0.2) is 0 Å². The summed E-state index contributed by atoms with van der Waals surface area (Å²) in [5.41, 5.74) is 1.83. The molecule has 1 saturated heterocycles. The van der Waals surface area contributed by atoms with Gasteiger partial charge in [0.1, 0.15) is 11.8 Å². The molecule has 2 bridgehead atoms.